The second kappa shape index (κ2) is 17.3. The first kappa shape index (κ1) is 40.8. The standard InChI is InChI=1S/C48H56N8O4/c1-29(2)42(53-48(59)60-6)46(57)55-22-12-8-11-15-40(55)45-50-37-21-20-35(26-38(37)51-45)33-16-17-34-25-36(19-18-32(34)24-33)39-27-49-44(52-39)41-23-30(3)28-56(41)47(58)43(54(4)5)31-13-9-7-10-14-31/h7,9-10,13-14,16-21,24-27,29-30,40-43H,8,11-12,15,22-23,28H2,1-6H3,(H,49,52)(H,50,51)(H,53,59)/t30-,40-,41-,42-,43+/m0/s1. The van der Waals surface area contributed by atoms with E-state index >= 15 is 0 Å². The third-order valence-electron chi connectivity index (χ3n) is 12.3. The summed E-state index contributed by atoms with van der Waals surface area (Å²) >= 11 is 0. The van der Waals surface area contributed by atoms with Gasteiger partial charge in [-0.15, -0.1) is 0 Å². The molecule has 2 aliphatic rings. The SMILES string of the molecule is COC(=O)N[C@H](C(=O)N1CCCCC[C@H]1c1nc2ccc(-c3ccc4cc(-c5cnc([C@@H]6C[C@H](C)CN6C(=O)[C@@H](c6ccccc6)N(C)C)[nH]5)ccc4c3)cc2[nH]1)C(C)C. The molecule has 0 bridgehead atoms. The minimum Gasteiger partial charge on any atom is -0.453 e. The second-order valence-corrected chi connectivity index (χ2v) is 17.2. The Balaban J connectivity index is 1.01. The average molecular weight is 809 g/mol. The molecular formula is C48H56N8O4. The van der Waals surface area contributed by atoms with Crippen LogP contribution in [0.15, 0.2) is 91.1 Å². The Morgan fingerprint density at radius 1 is 0.817 bits per heavy atom. The van der Waals surface area contributed by atoms with Gasteiger partial charge < -0.3 is 29.8 Å². The summed E-state index contributed by atoms with van der Waals surface area (Å²) in [5, 5.41) is 4.99. The third kappa shape index (κ3) is 8.25. The molecule has 4 heterocycles. The van der Waals surface area contributed by atoms with Crippen LogP contribution in [0.2, 0.25) is 0 Å². The van der Waals surface area contributed by atoms with Gasteiger partial charge in [0.2, 0.25) is 11.8 Å². The van der Waals surface area contributed by atoms with Gasteiger partial charge in [-0.3, -0.25) is 14.5 Å². The number of ether oxygens (including phenoxy) is 1. The molecule has 2 aromatic heterocycles. The molecule has 2 fully saturated rings. The number of alkyl carbamates (subject to hydrolysis) is 1. The van der Waals surface area contributed by atoms with Crippen LogP contribution in [-0.4, -0.2) is 92.9 Å². The summed E-state index contributed by atoms with van der Waals surface area (Å²) in [6.07, 6.45) is 5.83. The normalized spacial score (nSPS) is 19.5. The van der Waals surface area contributed by atoms with Crippen molar-refractivity contribution in [2.75, 3.05) is 34.3 Å². The Bertz CT molecular complexity index is 2490. The first-order valence-electron chi connectivity index (χ1n) is 21.2. The molecular weight excluding hydrogens is 753 g/mol. The van der Waals surface area contributed by atoms with Gasteiger partial charge in [-0.25, -0.2) is 14.8 Å². The van der Waals surface area contributed by atoms with Crippen molar-refractivity contribution < 1.29 is 19.1 Å². The molecule has 12 heteroatoms. The number of rotatable bonds is 10. The highest BCUT2D eigenvalue weighted by molar-refractivity contribution is 5.92. The lowest BCUT2D eigenvalue weighted by molar-refractivity contribution is -0.138. The molecule has 5 atom stereocenters. The van der Waals surface area contributed by atoms with Gasteiger partial charge in [-0.2, -0.15) is 0 Å². The number of hydrogen-bond donors (Lipinski definition) is 3. The number of amides is 3. The van der Waals surface area contributed by atoms with Crippen molar-refractivity contribution in [1.29, 1.82) is 0 Å². The zero-order valence-corrected chi connectivity index (χ0v) is 35.4. The summed E-state index contributed by atoms with van der Waals surface area (Å²) in [7, 11) is 5.23. The van der Waals surface area contributed by atoms with E-state index in [9.17, 15) is 14.4 Å². The summed E-state index contributed by atoms with van der Waals surface area (Å²) in [6, 6.07) is 27.8. The van der Waals surface area contributed by atoms with Gasteiger partial charge in [0, 0.05) is 18.7 Å². The van der Waals surface area contributed by atoms with E-state index in [2.05, 4.69) is 70.7 Å². The number of fused-ring (bicyclic) bond motifs is 2. The zero-order chi connectivity index (χ0) is 42.1. The number of nitrogens with zero attached hydrogens (tertiary/aromatic N) is 5. The molecule has 0 unspecified atom stereocenters. The van der Waals surface area contributed by atoms with Crippen molar-refractivity contribution in [1.82, 2.24) is 40.0 Å². The van der Waals surface area contributed by atoms with Crippen molar-refractivity contribution in [3.8, 4) is 22.4 Å². The Morgan fingerprint density at radius 2 is 1.53 bits per heavy atom. The van der Waals surface area contributed by atoms with Crippen LogP contribution < -0.4 is 5.32 Å². The van der Waals surface area contributed by atoms with Gasteiger partial charge in [-0.1, -0.05) is 94.3 Å². The maximum absolute atomic E-state index is 14.1. The van der Waals surface area contributed by atoms with Gasteiger partial charge in [0.1, 0.15) is 23.7 Å². The Kier molecular flexibility index (Phi) is 11.8. The van der Waals surface area contributed by atoms with E-state index in [0.29, 0.717) is 19.0 Å². The summed E-state index contributed by atoms with van der Waals surface area (Å²) in [5.74, 6) is 1.81. The number of imidazole rings is 2. The van der Waals surface area contributed by atoms with E-state index in [0.717, 1.165) is 93.5 Å². The molecule has 3 N–H and O–H groups in total. The maximum Gasteiger partial charge on any atom is 0.407 e. The topological polar surface area (TPSA) is 140 Å². The van der Waals surface area contributed by atoms with Crippen molar-refractivity contribution in [2.24, 2.45) is 11.8 Å². The zero-order valence-electron chi connectivity index (χ0n) is 35.4. The van der Waals surface area contributed by atoms with Crippen LogP contribution in [0.4, 0.5) is 4.79 Å². The average Bonchev–Trinajstić information content (AvgIpc) is 3.96. The van der Waals surface area contributed by atoms with E-state index in [1.807, 2.05) is 85.2 Å². The third-order valence-corrected chi connectivity index (χ3v) is 12.3. The summed E-state index contributed by atoms with van der Waals surface area (Å²) in [4.78, 5) is 63.1. The molecule has 60 heavy (non-hydrogen) atoms. The number of aromatic nitrogens is 4. The van der Waals surface area contributed by atoms with Gasteiger partial charge in [0.05, 0.1) is 42.1 Å². The number of benzene rings is 4. The molecule has 3 amide bonds. The molecule has 12 nitrogen and oxygen atoms in total. The number of H-pyrrole nitrogens is 2. The van der Waals surface area contributed by atoms with Crippen LogP contribution in [0.1, 0.15) is 88.2 Å². The van der Waals surface area contributed by atoms with Crippen molar-refractivity contribution in [3.63, 3.8) is 0 Å². The van der Waals surface area contributed by atoms with E-state index in [1.54, 1.807) is 0 Å². The van der Waals surface area contributed by atoms with Crippen LogP contribution in [0.5, 0.6) is 0 Å². The minimum absolute atomic E-state index is 0.0940. The summed E-state index contributed by atoms with van der Waals surface area (Å²) < 4.78 is 4.83. The Hall–Kier alpha value is -6.01. The maximum atomic E-state index is 14.1. The highest BCUT2D eigenvalue weighted by atomic mass is 16.5. The van der Waals surface area contributed by atoms with E-state index in [1.165, 1.54) is 7.11 Å². The van der Waals surface area contributed by atoms with Crippen LogP contribution in [0, 0.1) is 11.8 Å². The van der Waals surface area contributed by atoms with Gasteiger partial charge in [0.25, 0.3) is 0 Å². The lowest BCUT2D eigenvalue weighted by Gasteiger charge is -2.33. The molecule has 8 rings (SSSR count). The van der Waals surface area contributed by atoms with Crippen molar-refractivity contribution >= 4 is 39.7 Å². The molecule has 4 aromatic carbocycles. The van der Waals surface area contributed by atoms with Crippen molar-refractivity contribution in [3.05, 3.63) is 108 Å². The Labute approximate surface area is 351 Å². The quantitative estimate of drug-likeness (QED) is 0.126. The molecule has 312 valence electrons. The minimum atomic E-state index is -0.694. The summed E-state index contributed by atoms with van der Waals surface area (Å²) in [5.41, 5.74) is 6.84. The fourth-order valence-corrected chi connectivity index (χ4v) is 9.15. The number of carbonyl (C=O) groups excluding carboxylic acids is 3. The molecule has 0 saturated carbocycles. The molecule has 2 saturated heterocycles. The fourth-order valence-electron chi connectivity index (χ4n) is 9.15. The number of carbonyl (C=O) groups is 3. The lowest BCUT2D eigenvalue weighted by atomic mass is 9.99. The first-order chi connectivity index (χ1) is 29.0. The van der Waals surface area contributed by atoms with E-state index < -0.39 is 12.1 Å². The smallest absolute Gasteiger partial charge is 0.407 e. The van der Waals surface area contributed by atoms with Crippen molar-refractivity contribution in [2.45, 2.75) is 77.0 Å². The summed E-state index contributed by atoms with van der Waals surface area (Å²) in [6.45, 7) is 7.35. The molecule has 0 radical (unpaired) electrons. The fraction of sp³-hybridized carbons (Fsp3) is 0.396. The first-order valence-corrected chi connectivity index (χ1v) is 21.2. The highest BCUT2D eigenvalue weighted by Crippen LogP contribution is 2.38. The number of nitrogens with one attached hydrogen (secondary N) is 3. The van der Waals surface area contributed by atoms with Gasteiger partial charge in [-0.05, 0) is 96.9 Å². The number of likely N-dealkylation sites (tertiary alicyclic amines) is 2. The number of methoxy groups -OCH3 is 1. The predicted octanol–water partition coefficient (Wildman–Crippen LogP) is 8.81. The van der Waals surface area contributed by atoms with Crippen LogP contribution in [-0.2, 0) is 14.3 Å². The monoisotopic (exact) mass is 808 g/mol. The highest BCUT2D eigenvalue weighted by Gasteiger charge is 2.40. The van der Waals surface area contributed by atoms with E-state index in [4.69, 9.17) is 14.7 Å². The second-order valence-electron chi connectivity index (χ2n) is 17.2. The molecule has 0 spiro atoms. The number of aromatic amines is 2. The van der Waals surface area contributed by atoms with Gasteiger partial charge in [0.15, 0.2) is 0 Å². The van der Waals surface area contributed by atoms with Crippen LogP contribution in [0.25, 0.3) is 44.2 Å². The van der Waals surface area contributed by atoms with Crippen LogP contribution >= 0.6 is 0 Å². The van der Waals surface area contributed by atoms with Gasteiger partial charge >= 0.3 is 6.09 Å². The lowest BCUT2D eigenvalue weighted by Crippen LogP contribution is -2.52. The molecule has 0 aliphatic carbocycles. The number of likely N-dealkylation sites (N-methyl/N-ethyl adjacent to an activating group) is 1. The largest absolute Gasteiger partial charge is 0.453 e. The number of hydrogen-bond acceptors (Lipinski definition) is 7. The molecule has 2 aliphatic heterocycles. The predicted molar refractivity (Wildman–Crippen MR) is 235 cm³/mol. The van der Waals surface area contributed by atoms with E-state index in [-0.39, 0.29) is 35.9 Å². The Morgan fingerprint density at radius 3 is 2.27 bits per heavy atom. The molecule has 6 aromatic rings. The van der Waals surface area contributed by atoms with Crippen LogP contribution in [0.3, 0.4) is 0 Å².